The van der Waals surface area contributed by atoms with E-state index >= 15 is 0 Å². The molecule has 28 heavy (non-hydrogen) atoms. The van der Waals surface area contributed by atoms with Crippen LogP contribution in [0.2, 0.25) is 0 Å². The van der Waals surface area contributed by atoms with E-state index in [1.165, 1.54) is 11.1 Å². The van der Waals surface area contributed by atoms with Gasteiger partial charge in [-0.25, -0.2) is 0 Å². The number of amides is 1. The van der Waals surface area contributed by atoms with Gasteiger partial charge in [0.05, 0.1) is 6.61 Å². The first-order valence-electron chi connectivity index (χ1n) is 10.6. The Balaban J connectivity index is 1.20. The van der Waals surface area contributed by atoms with Crippen molar-refractivity contribution in [1.82, 2.24) is 9.80 Å². The molecule has 2 fully saturated rings. The fraction of sp³-hybridized carbons (Fsp3) is 0.458. The molecule has 0 atom stereocenters. The van der Waals surface area contributed by atoms with Crippen molar-refractivity contribution in [2.45, 2.75) is 44.7 Å². The Bertz CT molecular complexity index is 752. The summed E-state index contributed by atoms with van der Waals surface area (Å²) in [7, 11) is 0. The van der Waals surface area contributed by atoms with Crippen LogP contribution in [0.15, 0.2) is 54.6 Å². The summed E-state index contributed by atoms with van der Waals surface area (Å²) in [5.74, 6) is 1.30. The first kappa shape index (κ1) is 19.0. The molecule has 2 aliphatic rings. The SMILES string of the molecule is O=C1CCCN1C1CCN(Cc2ccc(OCCc3ccccc3)cc2)CC1. The highest BCUT2D eigenvalue weighted by Gasteiger charge is 2.30. The van der Waals surface area contributed by atoms with E-state index in [0.29, 0.717) is 18.6 Å². The molecular weight excluding hydrogens is 348 g/mol. The van der Waals surface area contributed by atoms with Crippen molar-refractivity contribution in [2.24, 2.45) is 0 Å². The molecule has 2 saturated heterocycles. The van der Waals surface area contributed by atoms with Crippen LogP contribution >= 0.6 is 0 Å². The van der Waals surface area contributed by atoms with Crippen molar-refractivity contribution < 1.29 is 9.53 Å². The number of ether oxygens (including phenoxy) is 1. The highest BCUT2D eigenvalue weighted by atomic mass is 16.5. The highest BCUT2D eigenvalue weighted by molar-refractivity contribution is 5.78. The molecule has 0 saturated carbocycles. The van der Waals surface area contributed by atoms with Gasteiger partial charge in [-0.2, -0.15) is 0 Å². The van der Waals surface area contributed by atoms with E-state index in [1.807, 2.05) is 6.07 Å². The van der Waals surface area contributed by atoms with E-state index in [0.717, 1.165) is 64.0 Å². The molecule has 2 aromatic rings. The molecule has 0 aromatic heterocycles. The van der Waals surface area contributed by atoms with Crippen LogP contribution in [0.4, 0.5) is 0 Å². The zero-order valence-electron chi connectivity index (χ0n) is 16.6. The molecule has 0 bridgehead atoms. The second kappa shape index (κ2) is 9.24. The van der Waals surface area contributed by atoms with Gasteiger partial charge in [0.25, 0.3) is 0 Å². The van der Waals surface area contributed by atoms with Gasteiger partial charge < -0.3 is 9.64 Å². The lowest BCUT2D eigenvalue weighted by Crippen LogP contribution is -2.45. The lowest BCUT2D eigenvalue weighted by Gasteiger charge is -2.36. The van der Waals surface area contributed by atoms with E-state index in [-0.39, 0.29) is 0 Å². The molecule has 0 N–H and O–H groups in total. The molecule has 0 aliphatic carbocycles. The Labute approximate surface area is 168 Å². The fourth-order valence-corrected chi connectivity index (χ4v) is 4.32. The number of benzene rings is 2. The van der Waals surface area contributed by atoms with Crippen LogP contribution in [-0.4, -0.2) is 48.0 Å². The van der Waals surface area contributed by atoms with Gasteiger partial charge in [-0.1, -0.05) is 42.5 Å². The lowest BCUT2D eigenvalue weighted by molar-refractivity contribution is -0.130. The molecule has 4 heteroatoms. The number of hydrogen-bond acceptors (Lipinski definition) is 3. The highest BCUT2D eigenvalue weighted by Crippen LogP contribution is 2.23. The summed E-state index contributed by atoms with van der Waals surface area (Å²) in [6, 6.07) is 19.4. The van der Waals surface area contributed by atoms with Crippen LogP contribution in [0.5, 0.6) is 5.75 Å². The van der Waals surface area contributed by atoms with Crippen LogP contribution in [0, 0.1) is 0 Å². The number of rotatable bonds is 7. The molecule has 2 heterocycles. The topological polar surface area (TPSA) is 32.8 Å². The third kappa shape index (κ3) is 4.93. The summed E-state index contributed by atoms with van der Waals surface area (Å²) < 4.78 is 5.88. The standard InChI is InChI=1S/C24H30N2O2/c27-24-7-4-15-26(24)22-12-16-25(17-13-22)19-21-8-10-23(11-9-21)28-18-14-20-5-2-1-3-6-20/h1-3,5-6,8-11,22H,4,7,12-19H2. The molecule has 1 amide bonds. The molecule has 0 spiro atoms. The maximum absolute atomic E-state index is 11.9. The van der Waals surface area contributed by atoms with Crippen molar-refractivity contribution in [3.8, 4) is 5.75 Å². The summed E-state index contributed by atoms with van der Waals surface area (Å²) in [4.78, 5) is 16.6. The Morgan fingerprint density at radius 1 is 0.893 bits per heavy atom. The minimum atomic E-state index is 0.362. The number of nitrogens with zero attached hydrogens (tertiary/aromatic N) is 2. The minimum absolute atomic E-state index is 0.362. The first-order valence-corrected chi connectivity index (χ1v) is 10.6. The monoisotopic (exact) mass is 378 g/mol. The normalized spacial score (nSPS) is 18.6. The van der Waals surface area contributed by atoms with Crippen molar-refractivity contribution >= 4 is 5.91 Å². The molecule has 4 rings (SSSR count). The van der Waals surface area contributed by atoms with Gasteiger partial charge in [-0.3, -0.25) is 9.69 Å². The smallest absolute Gasteiger partial charge is 0.222 e. The van der Waals surface area contributed by atoms with E-state index in [4.69, 9.17) is 4.74 Å². The summed E-state index contributed by atoms with van der Waals surface area (Å²) >= 11 is 0. The lowest BCUT2D eigenvalue weighted by atomic mass is 10.0. The predicted molar refractivity (Wildman–Crippen MR) is 111 cm³/mol. The summed E-state index contributed by atoms with van der Waals surface area (Å²) in [6.07, 6.45) is 4.93. The average molecular weight is 379 g/mol. The summed E-state index contributed by atoms with van der Waals surface area (Å²) in [6.45, 7) is 4.79. The second-order valence-electron chi connectivity index (χ2n) is 7.93. The second-order valence-corrected chi connectivity index (χ2v) is 7.93. The van der Waals surface area contributed by atoms with Crippen LogP contribution in [0.3, 0.4) is 0 Å². The molecule has 2 aromatic carbocycles. The first-order chi connectivity index (χ1) is 13.8. The van der Waals surface area contributed by atoms with Crippen molar-refractivity contribution in [3.05, 3.63) is 65.7 Å². The predicted octanol–water partition coefficient (Wildman–Crippen LogP) is 3.89. The van der Waals surface area contributed by atoms with E-state index < -0.39 is 0 Å². The number of hydrogen-bond donors (Lipinski definition) is 0. The van der Waals surface area contributed by atoms with Crippen molar-refractivity contribution in [3.63, 3.8) is 0 Å². The minimum Gasteiger partial charge on any atom is -0.493 e. The van der Waals surface area contributed by atoms with E-state index in [9.17, 15) is 4.79 Å². The average Bonchev–Trinajstić information content (AvgIpc) is 3.17. The third-order valence-electron chi connectivity index (χ3n) is 5.94. The summed E-state index contributed by atoms with van der Waals surface area (Å²) in [5, 5.41) is 0. The number of likely N-dealkylation sites (tertiary alicyclic amines) is 2. The van der Waals surface area contributed by atoms with Crippen LogP contribution < -0.4 is 4.74 Å². The molecule has 2 aliphatic heterocycles. The molecule has 0 unspecified atom stereocenters. The van der Waals surface area contributed by atoms with Gasteiger partial charge in [0.15, 0.2) is 0 Å². The molecular formula is C24H30N2O2. The zero-order chi connectivity index (χ0) is 19.2. The van der Waals surface area contributed by atoms with E-state index in [2.05, 4.69) is 58.3 Å². The van der Waals surface area contributed by atoms with Gasteiger partial charge in [0.2, 0.25) is 5.91 Å². The van der Waals surface area contributed by atoms with Gasteiger partial charge in [-0.15, -0.1) is 0 Å². The van der Waals surface area contributed by atoms with Crippen LogP contribution in [0.25, 0.3) is 0 Å². The summed E-state index contributed by atoms with van der Waals surface area (Å²) in [5.41, 5.74) is 2.63. The Morgan fingerprint density at radius 2 is 1.64 bits per heavy atom. The third-order valence-corrected chi connectivity index (χ3v) is 5.94. The number of carbonyl (C=O) groups excluding carboxylic acids is 1. The number of carbonyl (C=O) groups is 1. The van der Waals surface area contributed by atoms with Gasteiger partial charge in [0.1, 0.15) is 5.75 Å². The maximum atomic E-state index is 11.9. The molecule has 0 radical (unpaired) electrons. The maximum Gasteiger partial charge on any atom is 0.222 e. The Kier molecular flexibility index (Phi) is 6.27. The Hall–Kier alpha value is -2.33. The van der Waals surface area contributed by atoms with E-state index in [1.54, 1.807) is 0 Å². The molecule has 148 valence electrons. The van der Waals surface area contributed by atoms with Crippen LogP contribution in [-0.2, 0) is 17.8 Å². The van der Waals surface area contributed by atoms with Gasteiger partial charge in [0, 0.05) is 45.1 Å². The fourth-order valence-electron chi connectivity index (χ4n) is 4.32. The largest absolute Gasteiger partial charge is 0.493 e. The quantitative estimate of drug-likeness (QED) is 0.733. The van der Waals surface area contributed by atoms with Gasteiger partial charge in [-0.05, 0) is 42.5 Å². The Morgan fingerprint density at radius 3 is 2.32 bits per heavy atom. The van der Waals surface area contributed by atoms with Crippen LogP contribution in [0.1, 0.15) is 36.8 Å². The van der Waals surface area contributed by atoms with Crippen molar-refractivity contribution in [2.75, 3.05) is 26.2 Å². The number of piperidine rings is 1. The van der Waals surface area contributed by atoms with Gasteiger partial charge >= 0.3 is 0 Å². The van der Waals surface area contributed by atoms with Crippen molar-refractivity contribution in [1.29, 1.82) is 0 Å². The zero-order valence-corrected chi connectivity index (χ0v) is 16.6. The molecule has 4 nitrogen and oxygen atoms in total.